The summed E-state index contributed by atoms with van der Waals surface area (Å²) in [5.41, 5.74) is 1.31. The van der Waals surface area contributed by atoms with Crippen LogP contribution in [0.1, 0.15) is 12.5 Å². The zero-order chi connectivity index (χ0) is 12.7. The molecule has 0 aliphatic carbocycles. The van der Waals surface area contributed by atoms with Gasteiger partial charge in [0.05, 0.1) is 6.54 Å². The molecule has 0 spiro atoms. The predicted octanol–water partition coefficient (Wildman–Crippen LogP) is 2.49. The van der Waals surface area contributed by atoms with Crippen LogP contribution in [-0.4, -0.2) is 31.1 Å². The number of nitrogens with zero attached hydrogens (tertiary/aromatic N) is 1. The van der Waals surface area contributed by atoms with Crippen molar-refractivity contribution in [2.24, 2.45) is 0 Å². The summed E-state index contributed by atoms with van der Waals surface area (Å²) in [6.45, 7) is 4.68. The maximum absolute atomic E-state index is 5.20. The van der Waals surface area contributed by atoms with E-state index in [4.69, 9.17) is 6.42 Å². The van der Waals surface area contributed by atoms with Crippen LogP contribution < -0.4 is 5.32 Å². The molecule has 1 rings (SSSR count). The summed E-state index contributed by atoms with van der Waals surface area (Å²) in [4.78, 5) is 2.31. The molecule has 0 aliphatic rings. The highest BCUT2D eigenvalue weighted by molar-refractivity contribution is 9.10. The average Bonchev–Trinajstić information content (AvgIpc) is 2.29. The van der Waals surface area contributed by atoms with Crippen molar-refractivity contribution in [3.63, 3.8) is 0 Å². The number of likely N-dealkylation sites (N-methyl/N-ethyl adjacent to an activating group) is 1. The molecule has 0 aromatic heterocycles. The fraction of sp³-hybridized carbons (Fsp3) is 0.429. The third-order valence-corrected chi connectivity index (χ3v) is 3.23. The lowest BCUT2D eigenvalue weighted by molar-refractivity contribution is 0.245. The highest BCUT2D eigenvalue weighted by Crippen LogP contribution is 2.13. The van der Waals surface area contributed by atoms with Gasteiger partial charge in [0.1, 0.15) is 0 Å². The van der Waals surface area contributed by atoms with Gasteiger partial charge in [-0.05, 0) is 31.7 Å². The van der Waals surface area contributed by atoms with E-state index in [-0.39, 0.29) is 0 Å². The Balaban J connectivity index is 2.43. The van der Waals surface area contributed by atoms with Crippen LogP contribution in [0.2, 0.25) is 0 Å². The molecule has 0 fully saturated rings. The van der Waals surface area contributed by atoms with E-state index in [9.17, 15) is 0 Å². The minimum Gasteiger partial charge on any atom is -0.305 e. The van der Waals surface area contributed by atoms with Crippen molar-refractivity contribution >= 4 is 15.9 Å². The third kappa shape index (κ3) is 5.36. The first-order valence-corrected chi connectivity index (χ1v) is 6.51. The Labute approximate surface area is 113 Å². The first kappa shape index (κ1) is 14.2. The van der Waals surface area contributed by atoms with Gasteiger partial charge in [-0.15, -0.1) is 6.42 Å². The SMILES string of the molecule is C#CCNCC(C)N(C)Cc1cccc(Br)c1. The average molecular weight is 295 g/mol. The Hall–Kier alpha value is -0.820. The molecule has 1 aromatic carbocycles. The molecule has 0 radical (unpaired) electrons. The summed E-state index contributed by atoms with van der Waals surface area (Å²) < 4.78 is 1.13. The van der Waals surface area contributed by atoms with E-state index in [0.29, 0.717) is 12.6 Å². The summed E-state index contributed by atoms with van der Waals surface area (Å²) in [6.07, 6.45) is 5.20. The van der Waals surface area contributed by atoms with E-state index in [2.05, 4.69) is 64.2 Å². The monoisotopic (exact) mass is 294 g/mol. The molecule has 92 valence electrons. The quantitative estimate of drug-likeness (QED) is 0.641. The number of hydrogen-bond acceptors (Lipinski definition) is 2. The number of nitrogens with one attached hydrogen (secondary N) is 1. The van der Waals surface area contributed by atoms with Gasteiger partial charge in [-0.2, -0.15) is 0 Å². The zero-order valence-electron chi connectivity index (χ0n) is 10.4. The van der Waals surface area contributed by atoms with Gasteiger partial charge in [-0.1, -0.05) is 34.0 Å². The van der Waals surface area contributed by atoms with Crippen LogP contribution in [0.15, 0.2) is 28.7 Å². The van der Waals surface area contributed by atoms with E-state index >= 15 is 0 Å². The van der Waals surface area contributed by atoms with Gasteiger partial charge in [0.2, 0.25) is 0 Å². The Bertz CT molecular complexity index is 384. The van der Waals surface area contributed by atoms with E-state index in [1.165, 1.54) is 5.56 Å². The third-order valence-electron chi connectivity index (χ3n) is 2.74. The minimum absolute atomic E-state index is 0.460. The Kier molecular flexibility index (Phi) is 6.28. The molecule has 1 unspecified atom stereocenters. The van der Waals surface area contributed by atoms with Gasteiger partial charge in [0, 0.05) is 23.6 Å². The fourth-order valence-corrected chi connectivity index (χ4v) is 2.03. The van der Waals surface area contributed by atoms with Gasteiger partial charge in [0.15, 0.2) is 0 Å². The van der Waals surface area contributed by atoms with Crippen LogP contribution in [0.5, 0.6) is 0 Å². The van der Waals surface area contributed by atoms with Gasteiger partial charge in [0.25, 0.3) is 0 Å². The van der Waals surface area contributed by atoms with Gasteiger partial charge in [-0.3, -0.25) is 4.90 Å². The predicted molar refractivity (Wildman–Crippen MR) is 76.8 cm³/mol. The normalized spacial score (nSPS) is 12.4. The maximum Gasteiger partial charge on any atom is 0.0574 e. The molecule has 17 heavy (non-hydrogen) atoms. The van der Waals surface area contributed by atoms with E-state index in [0.717, 1.165) is 17.6 Å². The molecular weight excluding hydrogens is 276 g/mol. The van der Waals surface area contributed by atoms with Crippen molar-refractivity contribution in [2.75, 3.05) is 20.1 Å². The number of halogens is 1. The molecule has 1 aromatic rings. The van der Waals surface area contributed by atoms with Crippen LogP contribution in [0.3, 0.4) is 0 Å². The topological polar surface area (TPSA) is 15.3 Å². The van der Waals surface area contributed by atoms with Crippen LogP contribution in [-0.2, 0) is 6.54 Å². The lowest BCUT2D eigenvalue weighted by Crippen LogP contribution is -2.37. The molecule has 0 amide bonds. The van der Waals surface area contributed by atoms with Crippen LogP contribution in [0, 0.1) is 12.3 Å². The lowest BCUT2D eigenvalue weighted by Gasteiger charge is -2.24. The summed E-state index contributed by atoms with van der Waals surface area (Å²) in [6, 6.07) is 8.86. The Morgan fingerprint density at radius 3 is 2.94 bits per heavy atom. The molecule has 1 N–H and O–H groups in total. The number of terminal acetylenes is 1. The van der Waals surface area contributed by atoms with Gasteiger partial charge in [-0.25, -0.2) is 0 Å². The summed E-state index contributed by atoms with van der Waals surface area (Å²) in [5, 5.41) is 3.23. The molecule has 0 aliphatic heterocycles. The van der Waals surface area contributed by atoms with Crippen molar-refractivity contribution in [3.8, 4) is 12.3 Å². The highest BCUT2D eigenvalue weighted by Gasteiger charge is 2.08. The molecule has 0 saturated carbocycles. The summed E-state index contributed by atoms with van der Waals surface area (Å²) >= 11 is 3.49. The van der Waals surface area contributed by atoms with Crippen LogP contribution in [0.25, 0.3) is 0 Å². The highest BCUT2D eigenvalue weighted by atomic mass is 79.9. The van der Waals surface area contributed by atoms with Crippen LogP contribution >= 0.6 is 15.9 Å². The number of benzene rings is 1. The van der Waals surface area contributed by atoms with E-state index < -0.39 is 0 Å². The zero-order valence-corrected chi connectivity index (χ0v) is 12.0. The first-order chi connectivity index (χ1) is 8.13. The van der Waals surface area contributed by atoms with Crippen molar-refractivity contribution in [2.45, 2.75) is 19.5 Å². The van der Waals surface area contributed by atoms with Crippen molar-refractivity contribution in [1.82, 2.24) is 10.2 Å². The second-order valence-corrected chi connectivity index (χ2v) is 5.14. The summed E-state index contributed by atoms with van der Waals surface area (Å²) in [7, 11) is 2.13. The van der Waals surface area contributed by atoms with E-state index in [1.807, 2.05) is 6.07 Å². The molecule has 0 bridgehead atoms. The second-order valence-electron chi connectivity index (χ2n) is 4.23. The fourth-order valence-electron chi connectivity index (χ4n) is 1.59. The van der Waals surface area contributed by atoms with Crippen molar-refractivity contribution in [3.05, 3.63) is 34.3 Å². The number of rotatable bonds is 6. The second kappa shape index (κ2) is 7.50. The molecule has 3 heteroatoms. The van der Waals surface area contributed by atoms with Crippen molar-refractivity contribution in [1.29, 1.82) is 0 Å². The molecule has 1 atom stereocenters. The standard InChI is InChI=1S/C14H19BrN2/c1-4-8-16-10-12(2)17(3)11-13-6-5-7-14(15)9-13/h1,5-7,9,12,16H,8,10-11H2,2-3H3. The van der Waals surface area contributed by atoms with Crippen molar-refractivity contribution < 1.29 is 0 Å². The Morgan fingerprint density at radius 2 is 2.29 bits per heavy atom. The summed E-state index contributed by atoms with van der Waals surface area (Å²) in [5.74, 6) is 2.58. The molecule has 0 saturated heterocycles. The smallest absolute Gasteiger partial charge is 0.0574 e. The molecule has 2 nitrogen and oxygen atoms in total. The Morgan fingerprint density at radius 1 is 1.53 bits per heavy atom. The van der Waals surface area contributed by atoms with Gasteiger partial charge < -0.3 is 5.32 Å². The molecular formula is C14H19BrN2. The van der Waals surface area contributed by atoms with Gasteiger partial charge >= 0.3 is 0 Å². The lowest BCUT2D eigenvalue weighted by atomic mass is 10.2. The number of hydrogen-bond donors (Lipinski definition) is 1. The van der Waals surface area contributed by atoms with Crippen LogP contribution in [0.4, 0.5) is 0 Å². The minimum atomic E-state index is 0.460. The first-order valence-electron chi connectivity index (χ1n) is 5.72. The molecule has 0 heterocycles. The maximum atomic E-state index is 5.20. The largest absolute Gasteiger partial charge is 0.305 e. The van der Waals surface area contributed by atoms with E-state index in [1.54, 1.807) is 0 Å².